The van der Waals surface area contributed by atoms with Crippen LogP contribution in [0.4, 0.5) is 22.0 Å². The number of ether oxygens (including phenoxy) is 1. The topological polar surface area (TPSA) is 72.4 Å². The van der Waals surface area contributed by atoms with Crippen molar-refractivity contribution in [1.82, 2.24) is 14.6 Å². The standard InChI is InChI=1S/C30H40F5N3O3S/c1-19-23(27(39)36-22-10-14-41-15-11-22)17-25(38(19)18-20-8-12-29(31,32)13-9-20)21-6-7-26(24(16-21)30(33,34)35)42(5,40)37-28(2,3)4/h6-7,16-17,20,22H,5,8-15,18H2,1-4H3,(H,36,39)(H,37,40). The third kappa shape index (κ3) is 7.74. The van der Waals surface area contributed by atoms with E-state index in [4.69, 9.17) is 4.74 Å². The van der Waals surface area contributed by atoms with Crippen molar-refractivity contribution in [2.24, 2.45) is 5.92 Å². The minimum Gasteiger partial charge on any atom is -0.381 e. The normalized spacial score (nSPS) is 20.3. The highest BCUT2D eigenvalue weighted by Gasteiger charge is 2.38. The first kappa shape index (κ1) is 32.5. The molecule has 0 spiro atoms. The Bertz CT molecular complexity index is 1390. The molecular weight excluding hydrogens is 577 g/mol. The maximum absolute atomic E-state index is 14.4. The van der Waals surface area contributed by atoms with Gasteiger partial charge in [0.1, 0.15) is 0 Å². The Morgan fingerprint density at radius 2 is 1.71 bits per heavy atom. The quantitative estimate of drug-likeness (QED) is 0.272. The lowest BCUT2D eigenvalue weighted by atomic mass is 9.86. The monoisotopic (exact) mass is 617 g/mol. The van der Waals surface area contributed by atoms with Crippen molar-refractivity contribution in [3.05, 3.63) is 41.1 Å². The summed E-state index contributed by atoms with van der Waals surface area (Å²) in [5.74, 6) is 0.394. The van der Waals surface area contributed by atoms with Crippen molar-refractivity contribution < 1.29 is 35.7 Å². The molecule has 42 heavy (non-hydrogen) atoms. The molecule has 12 heteroatoms. The first-order valence-corrected chi connectivity index (χ1v) is 15.9. The fraction of sp³-hybridized carbons (Fsp3) is 0.600. The first-order valence-electron chi connectivity index (χ1n) is 14.2. The minimum atomic E-state index is -4.84. The van der Waals surface area contributed by atoms with E-state index in [-0.39, 0.29) is 55.7 Å². The number of nitrogens with one attached hydrogen (secondary N) is 2. The summed E-state index contributed by atoms with van der Waals surface area (Å²) in [5.41, 5.74) is -0.474. The fourth-order valence-corrected chi connectivity index (χ4v) is 7.66. The van der Waals surface area contributed by atoms with Crippen LogP contribution in [0.15, 0.2) is 29.2 Å². The molecule has 2 aliphatic rings. The summed E-state index contributed by atoms with van der Waals surface area (Å²) < 4.78 is 94.1. The molecule has 2 aromatic rings. The van der Waals surface area contributed by atoms with Gasteiger partial charge in [0.05, 0.1) is 25.7 Å². The van der Waals surface area contributed by atoms with Gasteiger partial charge in [-0.3, -0.25) is 4.79 Å². The number of hydrogen-bond acceptors (Lipinski definition) is 3. The van der Waals surface area contributed by atoms with Crippen molar-refractivity contribution in [3.8, 4) is 11.3 Å². The lowest BCUT2D eigenvalue weighted by Gasteiger charge is -2.29. The van der Waals surface area contributed by atoms with E-state index in [1.807, 2.05) is 0 Å². The Morgan fingerprint density at radius 1 is 1.10 bits per heavy atom. The van der Waals surface area contributed by atoms with Crippen LogP contribution in [-0.2, 0) is 27.2 Å². The van der Waals surface area contributed by atoms with Crippen molar-refractivity contribution in [2.45, 2.75) is 101 Å². The van der Waals surface area contributed by atoms with Crippen LogP contribution >= 0.6 is 0 Å². The molecule has 234 valence electrons. The summed E-state index contributed by atoms with van der Waals surface area (Å²) in [6, 6.07) is 5.02. The average molecular weight is 618 g/mol. The van der Waals surface area contributed by atoms with Crippen molar-refractivity contribution in [3.63, 3.8) is 0 Å². The lowest BCUT2D eigenvalue weighted by molar-refractivity contribution is -0.139. The third-order valence-electron chi connectivity index (χ3n) is 7.85. The number of amides is 1. The van der Waals surface area contributed by atoms with E-state index in [1.165, 1.54) is 12.1 Å². The van der Waals surface area contributed by atoms with E-state index in [1.54, 1.807) is 38.3 Å². The predicted octanol–water partition coefficient (Wildman–Crippen LogP) is 6.60. The molecule has 2 N–H and O–H groups in total. The lowest BCUT2D eigenvalue weighted by Crippen LogP contribution is -2.41. The van der Waals surface area contributed by atoms with Gasteiger partial charge in [-0.1, -0.05) is 6.07 Å². The van der Waals surface area contributed by atoms with Gasteiger partial charge in [0.25, 0.3) is 5.91 Å². The van der Waals surface area contributed by atoms with Crippen LogP contribution in [0.2, 0.25) is 0 Å². The second-order valence-electron chi connectivity index (χ2n) is 12.5. The molecule has 2 fully saturated rings. The molecule has 1 saturated carbocycles. The van der Waals surface area contributed by atoms with Gasteiger partial charge in [-0.25, -0.2) is 17.7 Å². The average Bonchev–Trinajstić information content (AvgIpc) is 3.19. The van der Waals surface area contributed by atoms with Crippen molar-refractivity contribution >= 4 is 21.5 Å². The number of carbonyl (C=O) groups excluding carboxylic acids is 1. The Labute approximate surface area is 244 Å². The minimum absolute atomic E-state index is 0.0883. The van der Waals surface area contributed by atoms with Gasteiger partial charge in [0.15, 0.2) is 0 Å². The highest BCUT2D eigenvalue weighted by atomic mass is 32.2. The largest absolute Gasteiger partial charge is 0.417 e. The SMILES string of the molecule is C=S(=O)(NC(C)(C)C)c1ccc(-c2cc(C(=O)NC3CCOCC3)c(C)n2CC2CCC(F)(F)CC2)cc1C(F)(F)F. The highest BCUT2D eigenvalue weighted by molar-refractivity contribution is 7.98. The zero-order valence-corrected chi connectivity index (χ0v) is 25.3. The Hall–Kier alpha value is -2.44. The highest BCUT2D eigenvalue weighted by Crippen LogP contribution is 2.40. The number of hydrogen-bond donors (Lipinski definition) is 2. The van der Waals surface area contributed by atoms with Crippen LogP contribution in [0.1, 0.15) is 80.9 Å². The number of rotatable bonds is 7. The summed E-state index contributed by atoms with van der Waals surface area (Å²) in [7, 11) is -3.53. The number of carbonyl (C=O) groups is 1. The van der Waals surface area contributed by atoms with Gasteiger partial charge >= 0.3 is 6.18 Å². The number of halogens is 5. The van der Waals surface area contributed by atoms with Gasteiger partial charge in [0, 0.05) is 55.6 Å². The smallest absolute Gasteiger partial charge is 0.381 e. The van der Waals surface area contributed by atoms with E-state index < -0.39 is 37.8 Å². The Balaban J connectivity index is 1.78. The van der Waals surface area contributed by atoms with Crippen LogP contribution in [0, 0.1) is 12.8 Å². The van der Waals surface area contributed by atoms with Gasteiger partial charge in [-0.05, 0) is 88.9 Å². The molecular formula is C30H40F5N3O3S. The van der Waals surface area contributed by atoms with Gasteiger partial charge in [-0.15, -0.1) is 0 Å². The van der Waals surface area contributed by atoms with E-state index in [2.05, 4.69) is 15.9 Å². The predicted molar refractivity (Wildman–Crippen MR) is 154 cm³/mol. The molecule has 0 bridgehead atoms. The number of nitrogens with zero attached hydrogens (tertiary/aromatic N) is 1. The second kappa shape index (κ2) is 11.9. The Kier molecular flexibility index (Phi) is 9.21. The van der Waals surface area contributed by atoms with E-state index in [0.717, 1.165) is 6.07 Å². The molecule has 1 unspecified atom stereocenters. The fourth-order valence-electron chi connectivity index (χ4n) is 5.74. The molecule has 1 aromatic carbocycles. The van der Waals surface area contributed by atoms with E-state index in [9.17, 15) is 31.0 Å². The molecule has 6 nitrogen and oxygen atoms in total. The molecule has 1 aliphatic heterocycles. The molecule has 1 amide bonds. The third-order valence-corrected chi connectivity index (χ3v) is 9.86. The first-order chi connectivity index (χ1) is 19.4. The maximum atomic E-state index is 14.4. The summed E-state index contributed by atoms with van der Waals surface area (Å²) in [4.78, 5) is 12.9. The molecule has 2 heterocycles. The molecule has 1 aliphatic carbocycles. The Morgan fingerprint density at radius 3 is 2.29 bits per heavy atom. The molecule has 1 saturated heterocycles. The maximum Gasteiger partial charge on any atom is 0.417 e. The molecule has 4 rings (SSSR count). The summed E-state index contributed by atoms with van der Waals surface area (Å²) in [5, 5.41) is 3.00. The summed E-state index contributed by atoms with van der Waals surface area (Å²) >= 11 is 0. The van der Waals surface area contributed by atoms with Crippen molar-refractivity contribution in [1.29, 1.82) is 0 Å². The number of benzene rings is 1. The zero-order chi connectivity index (χ0) is 31.1. The van der Waals surface area contributed by atoms with E-state index in [0.29, 0.717) is 43.0 Å². The van der Waals surface area contributed by atoms with E-state index >= 15 is 0 Å². The number of alkyl halides is 5. The van der Waals surface area contributed by atoms with Gasteiger partial charge in [0.2, 0.25) is 5.92 Å². The second-order valence-corrected chi connectivity index (χ2v) is 14.5. The summed E-state index contributed by atoms with van der Waals surface area (Å²) in [6.07, 6.45) is -3.51. The zero-order valence-electron chi connectivity index (χ0n) is 24.5. The van der Waals surface area contributed by atoms with Crippen LogP contribution in [0.5, 0.6) is 0 Å². The van der Waals surface area contributed by atoms with Gasteiger partial charge in [-0.2, -0.15) is 13.2 Å². The summed E-state index contributed by atoms with van der Waals surface area (Å²) in [6.45, 7) is 8.09. The molecule has 1 atom stereocenters. The van der Waals surface area contributed by atoms with Crippen LogP contribution in [-0.4, -0.2) is 51.3 Å². The van der Waals surface area contributed by atoms with Crippen LogP contribution < -0.4 is 10.0 Å². The van der Waals surface area contributed by atoms with Gasteiger partial charge < -0.3 is 14.6 Å². The van der Waals surface area contributed by atoms with Crippen molar-refractivity contribution in [2.75, 3.05) is 13.2 Å². The molecule has 0 radical (unpaired) electrons. The van der Waals surface area contributed by atoms with Crippen LogP contribution in [0.3, 0.4) is 0 Å². The number of aromatic nitrogens is 1. The van der Waals surface area contributed by atoms with Crippen LogP contribution in [0.25, 0.3) is 11.3 Å². The molecule has 1 aromatic heterocycles.